The summed E-state index contributed by atoms with van der Waals surface area (Å²) < 4.78 is 0. The van der Waals surface area contributed by atoms with Gasteiger partial charge in [0.25, 0.3) is 0 Å². The molecule has 2 aromatic carbocycles. The van der Waals surface area contributed by atoms with E-state index in [0.29, 0.717) is 45.0 Å². The number of pyridine rings is 1. The molecule has 0 bridgehead atoms. The minimum Gasteiger partial charge on any atom is -0.383 e. The van der Waals surface area contributed by atoms with E-state index < -0.39 is 11.6 Å². The first-order chi connectivity index (χ1) is 18.7. The van der Waals surface area contributed by atoms with E-state index in [9.17, 15) is 15.8 Å². The molecule has 1 aromatic heterocycles. The van der Waals surface area contributed by atoms with Crippen LogP contribution >= 0.6 is 11.6 Å². The predicted molar refractivity (Wildman–Crippen MR) is 151 cm³/mol. The number of anilines is 2. The van der Waals surface area contributed by atoms with Gasteiger partial charge in [0.05, 0.1) is 40.1 Å². The van der Waals surface area contributed by atoms with E-state index in [-0.39, 0.29) is 5.41 Å². The fourth-order valence-electron chi connectivity index (χ4n) is 4.53. The van der Waals surface area contributed by atoms with Gasteiger partial charge in [-0.05, 0) is 42.0 Å². The van der Waals surface area contributed by atoms with Crippen LogP contribution in [0.2, 0.25) is 5.02 Å². The molecule has 10 heteroatoms. The molecule has 1 aliphatic carbocycles. The summed E-state index contributed by atoms with van der Waals surface area (Å²) in [4.78, 5) is 4.45. The molecule has 4 N–H and O–H groups in total. The van der Waals surface area contributed by atoms with E-state index >= 15 is 0 Å². The Morgan fingerprint density at radius 2 is 1.87 bits per heavy atom. The van der Waals surface area contributed by atoms with Crippen LogP contribution in [0.5, 0.6) is 0 Å². The van der Waals surface area contributed by atoms with Gasteiger partial charge in [0, 0.05) is 35.0 Å². The highest BCUT2D eigenvalue weighted by atomic mass is 35.5. The number of rotatable bonds is 7. The number of benzene rings is 2. The van der Waals surface area contributed by atoms with Crippen LogP contribution in [0.1, 0.15) is 56.3 Å². The summed E-state index contributed by atoms with van der Waals surface area (Å²) in [7, 11) is 0. The summed E-state index contributed by atoms with van der Waals surface area (Å²) in [6.45, 7) is 6.95. The Kier molecular flexibility index (Phi) is 6.70. The molecule has 0 radical (unpaired) electrons. The predicted octanol–water partition coefficient (Wildman–Crippen LogP) is 5.47. The quantitative estimate of drug-likeness (QED) is 0.309. The second-order valence-corrected chi connectivity index (χ2v) is 11.4. The van der Waals surface area contributed by atoms with E-state index in [2.05, 4.69) is 65.6 Å². The zero-order valence-electron chi connectivity index (χ0n) is 21.9. The SMILES string of the molecule is CC(C)(C)CNc1c(C#N)cnc2c(C#N)cc(N[C@H](C3=CN(C4(C#N)CC4)NN3)c3ccccc3Cl)cc12. The summed E-state index contributed by atoms with van der Waals surface area (Å²) in [5.41, 5.74) is 9.87. The average Bonchev–Trinajstić information content (AvgIpc) is 3.57. The van der Waals surface area contributed by atoms with Gasteiger partial charge in [-0.3, -0.25) is 9.99 Å². The van der Waals surface area contributed by atoms with Crippen LogP contribution in [0.3, 0.4) is 0 Å². The van der Waals surface area contributed by atoms with Crippen molar-refractivity contribution in [3.8, 4) is 18.2 Å². The Bertz CT molecular complexity index is 1600. The van der Waals surface area contributed by atoms with Gasteiger partial charge in [-0.1, -0.05) is 50.6 Å². The van der Waals surface area contributed by atoms with E-state index in [1.807, 2.05) is 36.5 Å². The molecule has 1 aliphatic heterocycles. The molecular formula is C29H28ClN9. The van der Waals surface area contributed by atoms with Gasteiger partial charge in [0.1, 0.15) is 17.7 Å². The molecule has 2 heterocycles. The number of nitriles is 3. The lowest BCUT2D eigenvalue weighted by atomic mass is 9.96. The Morgan fingerprint density at radius 1 is 1.13 bits per heavy atom. The van der Waals surface area contributed by atoms with Crippen molar-refractivity contribution in [2.45, 2.75) is 45.2 Å². The Morgan fingerprint density at radius 3 is 2.51 bits per heavy atom. The third-order valence-electron chi connectivity index (χ3n) is 6.83. The third kappa shape index (κ3) is 5.13. The topological polar surface area (TPSA) is 136 Å². The molecule has 196 valence electrons. The molecule has 0 spiro atoms. The summed E-state index contributed by atoms with van der Waals surface area (Å²) in [5, 5.41) is 39.5. The molecule has 0 amide bonds. The number of nitrogens with one attached hydrogen (secondary N) is 4. The highest BCUT2D eigenvalue weighted by Crippen LogP contribution is 2.42. The molecule has 1 atom stereocenters. The lowest BCUT2D eigenvalue weighted by Gasteiger charge is -2.24. The third-order valence-corrected chi connectivity index (χ3v) is 7.17. The van der Waals surface area contributed by atoms with E-state index in [4.69, 9.17) is 11.6 Å². The summed E-state index contributed by atoms with van der Waals surface area (Å²) in [6.07, 6.45) is 4.95. The van der Waals surface area contributed by atoms with Gasteiger partial charge in [-0.15, -0.1) is 5.53 Å². The first kappa shape index (κ1) is 26.1. The maximum atomic E-state index is 10.0. The van der Waals surface area contributed by atoms with Gasteiger partial charge in [-0.25, -0.2) is 0 Å². The van der Waals surface area contributed by atoms with Gasteiger partial charge < -0.3 is 16.1 Å². The van der Waals surface area contributed by atoms with Crippen molar-refractivity contribution in [3.63, 3.8) is 0 Å². The second kappa shape index (κ2) is 10.0. The number of fused-ring (bicyclic) bond motifs is 1. The maximum absolute atomic E-state index is 10.0. The average molecular weight is 538 g/mol. The van der Waals surface area contributed by atoms with Crippen molar-refractivity contribution in [1.29, 1.82) is 15.8 Å². The molecule has 5 rings (SSSR count). The molecule has 2 aliphatic rings. The van der Waals surface area contributed by atoms with Crippen molar-refractivity contribution < 1.29 is 0 Å². The van der Waals surface area contributed by atoms with Crippen molar-refractivity contribution in [1.82, 2.24) is 21.0 Å². The molecular weight excluding hydrogens is 510 g/mol. The van der Waals surface area contributed by atoms with Gasteiger partial charge >= 0.3 is 0 Å². The fraction of sp³-hybridized carbons (Fsp3) is 0.310. The van der Waals surface area contributed by atoms with Crippen molar-refractivity contribution in [2.75, 3.05) is 17.2 Å². The Hall–Kier alpha value is -4.49. The lowest BCUT2D eigenvalue weighted by molar-refractivity contribution is 0.217. The highest BCUT2D eigenvalue weighted by molar-refractivity contribution is 6.31. The number of halogens is 1. The van der Waals surface area contributed by atoms with E-state index in [1.165, 1.54) is 6.20 Å². The van der Waals surface area contributed by atoms with Crippen LogP contribution < -0.4 is 21.6 Å². The minimum atomic E-state index is -0.566. The first-order valence-electron chi connectivity index (χ1n) is 12.6. The Labute approximate surface area is 232 Å². The van der Waals surface area contributed by atoms with Crippen LogP contribution in [0.25, 0.3) is 10.9 Å². The largest absolute Gasteiger partial charge is 0.383 e. The monoisotopic (exact) mass is 537 g/mol. The van der Waals surface area contributed by atoms with Crippen LogP contribution in [0.4, 0.5) is 11.4 Å². The zero-order valence-corrected chi connectivity index (χ0v) is 22.7. The van der Waals surface area contributed by atoms with Crippen molar-refractivity contribution >= 4 is 33.9 Å². The molecule has 39 heavy (non-hydrogen) atoms. The normalized spacial score (nSPS) is 16.3. The highest BCUT2D eigenvalue weighted by Gasteiger charge is 2.50. The summed E-state index contributed by atoms with van der Waals surface area (Å²) in [6, 6.07) is 17.6. The number of aromatic nitrogens is 1. The number of hydrazine groups is 2. The number of hydrogen-bond acceptors (Lipinski definition) is 9. The van der Waals surface area contributed by atoms with Crippen LogP contribution in [0.15, 0.2) is 54.5 Å². The molecule has 0 saturated heterocycles. The minimum absolute atomic E-state index is 0.0345. The fourth-order valence-corrected chi connectivity index (χ4v) is 4.77. The van der Waals surface area contributed by atoms with Crippen molar-refractivity contribution in [2.24, 2.45) is 5.41 Å². The van der Waals surface area contributed by atoms with Crippen molar-refractivity contribution in [3.05, 3.63) is 76.2 Å². The van der Waals surface area contributed by atoms with Gasteiger partial charge in [0.2, 0.25) is 0 Å². The molecule has 9 nitrogen and oxygen atoms in total. The van der Waals surface area contributed by atoms with E-state index in [0.717, 1.165) is 24.1 Å². The molecule has 1 saturated carbocycles. The second-order valence-electron chi connectivity index (χ2n) is 11.0. The van der Waals surface area contributed by atoms with Gasteiger partial charge in [0.15, 0.2) is 0 Å². The van der Waals surface area contributed by atoms with Crippen LogP contribution in [0, 0.1) is 39.4 Å². The smallest absolute Gasteiger partial charge is 0.143 e. The van der Waals surface area contributed by atoms with Crippen LogP contribution in [-0.2, 0) is 0 Å². The zero-order chi connectivity index (χ0) is 27.8. The van der Waals surface area contributed by atoms with Gasteiger partial charge in [-0.2, -0.15) is 15.8 Å². The first-order valence-corrected chi connectivity index (χ1v) is 13.0. The maximum Gasteiger partial charge on any atom is 0.143 e. The summed E-state index contributed by atoms with van der Waals surface area (Å²) in [5.74, 6) is 0. The number of hydrogen-bond donors (Lipinski definition) is 4. The molecule has 3 aromatic rings. The molecule has 1 fully saturated rings. The lowest BCUT2D eigenvalue weighted by Crippen LogP contribution is -2.44. The Balaban J connectivity index is 1.60. The van der Waals surface area contributed by atoms with Crippen LogP contribution in [-0.4, -0.2) is 22.1 Å². The number of nitrogens with zero attached hydrogens (tertiary/aromatic N) is 5. The standard InChI is InChI=1S/C29H28ClN9/c1-28(2,3)17-35-26-19(13-32)14-34-25-18(12-31)10-20(11-22(25)26)36-27(21-6-4-5-7-23(21)30)24-15-39(38-37-24)29(16-33)8-9-29/h4-7,10-11,14-15,27,36-38H,8-9,17H2,1-3H3,(H,34,35)/t27-/m0/s1. The molecule has 0 unspecified atom stereocenters. The summed E-state index contributed by atoms with van der Waals surface area (Å²) >= 11 is 6.64. The van der Waals surface area contributed by atoms with E-state index in [1.54, 1.807) is 11.1 Å².